The topological polar surface area (TPSA) is 66.8 Å². The molecule has 0 bridgehead atoms. The number of hydrogen-bond donors (Lipinski definition) is 2. The third-order valence-corrected chi connectivity index (χ3v) is 3.72. The number of rotatable bonds is 3. The number of phenolic OH excluding ortho intramolecular Hbond substituents is 1. The third-order valence-electron chi connectivity index (χ3n) is 2.89. The first-order valence-corrected chi connectivity index (χ1v) is 6.38. The molecule has 18 heavy (non-hydrogen) atoms. The summed E-state index contributed by atoms with van der Waals surface area (Å²) in [5.41, 5.74) is 1.49. The Hall–Kier alpha value is -1.07. The van der Waals surface area contributed by atoms with Gasteiger partial charge in [-0.15, -0.1) is 0 Å². The molecule has 0 radical (unpaired) electrons. The van der Waals surface area contributed by atoms with Gasteiger partial charge in [-0.05, 0) is 30.0 Å². The molecule has 1 aromatic carbocycles. The Kier molecular flexibility index (Phi) is 4.76. The van der Waals surface area contributed by atoms with Crippen molar-refractivity contribution >= 4 is 21.9 Å². The molecule has 1 atom stereocenters. The van der Waals surface area contributed by atoms with Gasteiger partial charge in [-0.25, -0.2) is 4.79 Å². The highest BCUT2D eigenvalue weighted by atomic mass is 79.9. The third kappa shape index (κ3) is 2.67. The highest BCUT2D eigenvalue weighted by Gasteiger charge is 2.27. The molecule has 4 nitrogen and oxygen atoms in total. The maximum Gasteiger partial charge on any atom is 0.339 e. The monoisotopic (exact) mass is 316 g/mol. The van der Waals surface area contributed by atoms with Crippen LogP contribution in [0.4, 0.5) is 0 Å². The molecule has 100 valence electrons. The largest absolute Gasteiger partial charge is 0.507 e. The van der Waals surface area contributed by atoms with Crippen LogP contribution in [-0.4, -0.2) is 23.3 Å². The maximum atomic E-state index is 11.4. The number of benzene rings is 1. The quantitative estimate of drug-likeness (QED) is 0.841. The van der Waals surface area contributed by atoms with Crippen LogP contribution in [0.5, 0.6) is 5.75 Å². The molecular weight excluding hydrogens is 300 g/mol. The van der Waals surface area contributed by atoms with E-state index >= 15 is 0 Å². The smallest absolute Gasteiger partial charge is 0.339 e. The minimum Gasteiger partial charge on any atom is -0.507 e. The number of aliphatic hydroxyl groups excluding tert-OH is 1. The molecule has 0 aliphatic carbocycles. The highest BCUT2D eigenvalue weighted by Crippen LogP contribution is 2.39. The second-order valence-corrected chi connectivity index (χ2v) is 5.27. The Bertz CT molecular complexity index is 469. The molecule has 0 aliphatic heterocycles. The summed E-state index contributed by atoms with van der Waals surface area (Å²) in [5.74, 6) is -0.768. The summed E-state index contributed by atoms with van der Waals surface area (Å²) in [6, 6.07) is 1.79. The SMILES string of the molecule is COC(=O)C(O)c1c(C)c(Br)cc(C(C)C)c1O. The van der Waals surface area contributed by atoms with Crippen LogP contribution < -0.4 is 0 Å². The number of hydrogen-bond acceptors (Lipinski definition) is 4. The Morgan fingerprint density at radius 1 is 1.44 bits per heavy atom. The van der Waals surface area contributed by atoms with E-state index < -0.39 is 12.1 Å². The zero-order chi connectivity index (χ0) is 14.0. The van der Waals surface area contributed by atoms with E-state index in [2.05, 4.69) is 20.7 Å². The first-order valence-electron chi connectivity index (χ1n) is 5.59. The number of carbonyl (C=O) groups is 1. The summed E-state index contributed by atoms with van der Waals surface area (Å²) >= 11 is 3.36. The number of halogens is 1. The van der Waals surface area contributed by atoms with E-state index in [0.29, 0.717) is 11.1 Å². The molecule has 0 spiro atoms. The fourth-order valence-corrected chi connectivity index (χ4v) is 2.24. The molecule has 0 saturated carbocycles. The van der Waals surface area contributed by atoms with Crippen LogP contribution >= 0.6 is 15.9 Å². The molecule has 0 fully saturated rings. The van der Waals surface area contributed by atoms with Crippen LogP contribution in [0, 0.1) is 6.92 Å². The van der Waals surface area contributed by atoms with Gasteiger partial charge in [0.2, 0.25) is 0 Å². The van der Waals surface area contributed by atoms with Gasteiger partial charge in [-0.2, -0.15) is 0 Å². The number of aromatic hydroxyl groups is 1. The van der Waals surface area contributed by atoms with Gasteiger partial charge in [-0.3, -0.25) is 0 Å². The van der Waals surface area contributed by atoms with Gasteiger partial charge >= 0.3 is 5.97 Å². The van der Waals surface area contributed by atoms with E-state index in [1.165, 1.54) is 7.11 Å². The van der Waals surface area contributed by atoms with E-state index in [-0.39, 0.29) is 17.2 Å². The fourth-order valence-electron chi connectivity index (χ4n) is 1.78. The predicted octanol–water partition coefficient (Wildman–Crippen LogP) is 2.79. The van der Waals surface area contributed by atoms with E-state index in [1.54, 1.807) is 13.0 Å². The second-order valence-electron chi connectivity index (χ2n) is 4.42. The predicted molar refractivity (Wildman–Crippen MR) is 71.6 cm³/mol. The van der Waals surface area contributed by atoms with Gasteiger partial charge in [0.15, 0.2) is 6.10 Å². The van der Waals surface area contributed by atoms with Crippen LogP contribution in [0.1, 0.15) is 42.6 Å². The van der Waals surface area contributed by atoms with Crippen molar-refractivity contribution in [2.75, 3.05) is 7.11 Å². The molecular formula is C13H17BrO4. The Morgan fingerprint density at radius 3 is 2.44 bits per heavy atom. The number of ether oxygens (including phenoxy) is 1. The van der Waals surface area contributed by atoms with E-state index in [1.807, 2.05) is 13.8 Å². The molecule has 0 aromatic heterocycles. The lowest BCUT2D eigenvalue weighted by Crippen LogP contribution is -2.15. The van der Waals surface area contributed by atoms with Crippen LogP contribution in [0.2, 0.25) is 0 Å². The summed E-state index contributed by atoms with van der Waals surface area (Å²) < 4.78 is 5.24. The van der Waals surface area contributed by atoms with Crippen LogP contribution in [0.15, 0.2) is 10.5 Å². The lowest BCUT2D eigenvalue weighted by atomic mass is 9.93. The summed E-state index contributed by atoms with van der Waals surface area (Å²) in [7, 11) is 1.19. The lowest BCUT2D eigenvalue weighted by molar-refractivity contribution is -0.150. The van der Waals surface area contributed by atoms with Crippen molar-refractivity contribution in [2.45, 2.75) is 32.8 Å². The van der Waals surface area contributed by atoms with Crippen molar-refractivity contribution in [3.63, 3.8) is 0 Å². The summed E-state index contributed by atoms with van der Waals surface area (Å²) in [6.45, 7) is 5.56. The first kappa shape index (κ1) is 15.0. The van der Waals surface area contributed by atoms with Gasteiger partial charge in [-0.1, -0.05) is 29.8 Å². The average Bonchev–Trinajstić information content (AvgIpc) is 2.32. The van der Waals surface area contributed by atoms with Crippen LogP contribution in [0.25, 0.3) is 0 Å². The molecule has 1 unspecified atom stereocenters. The molecule has 1 rings (SSSR count). The summed E-state index contributed by atoms with van der Waals surface area (Å²) in [4.78, 5) is 11.4. The van der Waals surface area contributed by atoms with Crippen molar-refractivity contribution in [3.8, 4) is 5.75 Å². The van der Waals surface area contributed by atoms with Crippen LogP contribution in [-0.2, 0) is 9.53 Å². The van der Waals surface area contributed by atoms with Gasteiger partial charge in [0.25, 0.3) is 0 Å². The molecule has 0 heterocycles. The number of phenols is 1. The first-order chi connectivity index (χ1) is 8.31. The van der Waals surface area contributed by atoms with Gasteiger partial charge in [0.1, 0.15) is 5.75 Å². The summed E-state index contributed by atoms with van der Waals surface area (Å²) in [5, 5.41) is 20.1. The van der Waals surface area contributed by atoms with Crippen molar-refractivity contribution in [3.05, 3.63) is 27.2 Å². The van der Waals surface area contributed by atoms with Crippen molar-refractivity contribution < 1.29 is 19.7 Å². The molecule has 2 N–H and O–H groups in total. The molecule has 5 heteroatoms. The zero-order valence-electron chi connectivity index (χ0n) is 10.8. The standard InChI is InChI=1S/C13H17BrO4/c1-6(2)8-5-9(14)7(3)10(11(8)15)12(16)13(17)18-4/h5-6,12,15-16H,1-4H3. The molecule has 1 aromatic rings. The maximum absolute atomic E-state index is 11.4. The number of aliphatic hydroxyl groups is 1. The van der Waals surface area contributed by atoms with Gasteiger partial charge in [0, 0.05) is 10.0 Å². The minimum absolute atomic E-state index is 0.0522. The van der Waals surface area contributed by atoms with Gasteiger partial charge < -0.3 is 14.9 Å². The Morgan fingerprint density at radius 2 is 2.00 bits per heavy atom. The molecule has 0 aliphatic rings. The fraction of sp³-hybridized carbons (Fsp3) is 0.462. The highest BCUT2D eigenvalue weighted by molar-refractivity contribution is 9.10. The lowest BCUT2D eigenvalue weighted by Gasteiger charge is -2.19. The van der Waals surface area contributed by atoms with Gasteiger partial charge in [0.05, 0.1) is 7.11 Å². The second kappa shape index (κ2) is 5.71. The van der Waals surface area contributed by atoms with E-state index in [0.717, 1.165) is 4.47 Å². The van der Waals surface area contributed by atoms with E-state index in [4.69, 9.17) is 0 Å². The average molecular weight is 317 g/mol. The number of esters is 1. The molecule has 0 amide bonds. The zero-order valence-corrected chi connectivity index (χ0v) is 12.4. The van der Waals surface area contributed by atoms with Crippen LogP contribution in [0.3, 0.4) is 0 Å². The van der Waals surface area contributed by atoms with Crippen molar-refractivity contribution in [2.24, 2.45) is 0 Å². The van der Waals surface area contributed by atoms with Crippen molar-refractivity contribution in [1.29, 1.82) is 0 Å². The Labute approximate surface area is 115 Å². The minimum atomic E-state index is -1.48. The summed E-state index contributed by atoms with van der Waals surface area (Å²) in [6.07, 6.45) is -1.48. The van der Waals surface area contributed by atoms with Crippen molar-refractivity contribution in [1.82, 2.24) is 0 Å². The molecule has 0 saturated heterocycles. The number of methoxy groups -OCH3 is 1. The number of carbonyl (C=O) groups excluding carboxylic acids is 1. The normalized spacial score (nSPS) is 12.6. The Balaban J connectivity index is 3.46. The van der Waals surface area contributed by atoms with E-state index in [9.17, 15) is 15.0 Å².